The Morgan fingerprint density at radius 3 is 2.14 bits per heavy atom. The van der Waals surface area contributed by atoms with E-state index in [1.807, 2.05) is 9.80 Å². The van der Waals surface area contributed by atoms with Gasteiger partial charge in [-0.25, -0.2) is 0 Å². The van der Waals surface area contributed by atoms with Crippen molar-refractivity contribution >= 4 is 5.91 Å². The molecule has 0 aromatic carbocycles. The molecule has 0 aromatic rings. The van der Waals surface area contributed by atoms with Crippen LogP contribution in [0.1, 0.15) is 33.1 Å². The number of β-amino-alcohol motifs (C(OH)–C–C–N with tert-alkyl or cyclic N) is 2. The Kier molecular flexibility index (Phi) is 6.20. The van der Waals surface area contributed by atoms with Gasteiger partial charge in [0.05, 0.1) is 12.2 Å². The number of carbonyl (C=O) groups excluding carboxylic acids is 1. The average Bonchev–Trinajstić information content (AvgIpc) is 2.44. The summed E-state index contributed by atoms with van der Waals surface area (Å²) in [5.41, 5.74) is 0. The molecular formula is C16H30N2O4. The van der Waals surface area contributed by atoms with Gasteiger partial charge in [0.15, 0.2) is 0 Å². The SMILES string of the molecule is CC(C)CC(=O)N1CCC(CN2C[C@@H](O)[C@H](O)[C@@H](O)C2)CC1. The molecule has 2 fully saturated rings. The lowest BCUT2D eigenvalue weighted by Gasteiger charge is -2.40. The predicted octanol–water partition coefficient (Wildman–Crippen LogP) is -0.331. The minimum Gasteiger partial charge on any atom is -0.389 e. The van der Waals surface area contributed by atoms with E-state index >= 15 is 0 Å². The Morgan fingerprint density at radius 2 is 1.64 bits per heavy atom. The number of hydrogen-bond donors (Lipinski definition) is 3. The topological polar surface area (TPSA) is 84.2 Å². The van der Waals surface area contributed by atoms with E-state index in [0.717, 1.165) is 32.5 Å². The molecule has 0 saturated carbocycles. The van der Waals surface area contributed by atoms with Gasteiger partial charge in [0.25, 0.3) is 0 Å². The number of aliphatic hydroxyl groups is 3. The van der Waals surface area contributed by atoms with Crippen LogP contribution < -0.4 is 0 Å². The number of aliphatic hydroxyl groups excluding tert-OH is 3. The average molecular weight is 314 g/mol. The molecule has 1 amide bonds. The maximum absolute atomic E-state index is 12.0. The highest BCUT2D eigenvalue weighted by molar-refractivity contribution is 5.76. The Morgan fingerprint density at radius 1 is 1.09 bits per heavy atom. The summed E-state index contributed by atoms with van der Waals surface area (Å²) in [6, 6.07) is 0. The van der Waals surface area contributed by atoms with Crippen LogP contribution in [-0.4, -0.2) is 82.1 Å². The van der Waals surface area contributed by atoms with Gasteiger partial charge in [-0.05, 0) is 24.7 Å². The molecule has 0 aliphatic carbocycles. The molecular weight excluding hydrogens is 284 g/mol. The number of nitrogens with zero attached hydrogens (tertiary/aromatic N) is 2. The van der Waals surface area contributed by atoms with E-state index < -0.39 is 18.3 Å². The zero-order valence-electron chi connectivity index (χ0n) is 13.7. The highest BCUT2D eigenvalue weighted by atomic mass is 16.4. The molecule has 128 valence electrons. The van der Waals surface area contributed by atoms with E-state index in [0.29, 0.717) is 31.3 Å². The van der Waals surface area contributed by atoms with Gasteiger partial charge in [0.1, 0.15) is 6.10 Å². The number of rotatable bonds is 4. The second kappa shape index (κ2) is 7.73. The van der Waals surface area contributed by atoms with Crippen LogP contribution >= 0.6 is 0 Å². The quantitative estimate of drug-likeness (QED) is 0.662. The van der Waals surface area contributed by atoms with Crippen molar-refractivity contribution in [2.75, 3.05) is 32.7 Å². The number of likely N-dealkylation sites (tertiary alicyclic amines) is 2. The molecule has 6 nitrogen and oxygen atoms in total. The monoisotopic (exact) mass is 314 g/mol. The van der Waals surface area contributed by atoms with Gasteiger partial charge in [0, 0.05) is 39.1 Å². The Hall–Kier alpha value is -0.690. The van der Waals surface area contributed by atoms with Crippen LogP contribution in [0.2, 0.25) is 0 Å². The lowest BCUT2D eigenvalue weighted by atomic mass is 9.93. The van der Waals surface area contributed by atoms with Crippen LogP contribution in [0.5, 0.6) is 0 Å². The van der Waals surface area contributed by atoms with Crippen molar-refractivity contribution in [3.8, 4) is 0 Å². The fraction of sp³-hybridized carbons (Fsp3) is 0.938. The summed E-state index contributed by atoms with van der Waals surface area (Å²) in [5, 5.41) is 29.1. The van der Waals surface area contributed by atoms with Crippen LogP contribution in [0.15, 0.2) is 0 Å². The van der Waals surface area contributed by atoms with Gasteiger partial charge in [-0.1, -0.05) is 13.8 Å². The molecule has 3 N–H and O–H groups in total. The van der Waals surface area contributed by atoms with Gasteiger partial charge < -0.3 is 20.2 Å². The molecule has 2 heterocycles. The molecule has 3 atom stereocenters. The van der Waals surface area contributed by atoms with E-state index in [1.54, 1.807) is 0 Å². The predicted molar refractivity (Wildman–Crippen MR) is 83.2 cm³/mol. The lowest BCUT2D eigenvalue weighted by molar-refractivity contribution is -0.133. The van der Waals surface area contributed by atoms with E-state index in [-0.39, 0.29) is 5.91 Å². The number of hydrogen-bond acceptors (Lipinski definition) is 5. The van der Waals surface area contributed by atoms with Gasteiger partial charge in [-0.15, -0.1) is 0 Å². The van der Waals surface area contributed by atoms with Crippen LogP contribution in [0.4, 0.5) is 0 Å². The van der Waals surface area contributed by atoms with Crippen molar-refractivity contribution in [1.29, 1.82) is 0 Å². The van der Waals surface area contributed by atoms with E-state index in [9.17, 15) is 20.1 Å². The largest absolute Gasteiger partial charge is 0.389 e. The maximum Gasteiger partial charge on any atom is 0.222 e. The molecule has 0 unspecified atom stereocenters. The molecule has 0 spiro atoms. The van der Waals surface area contributed by atoms with Gasteiger partial charge in [-0.2, -0.15) is 0 Å². The maximum atomic E-state index is 12.0. The Labute approximate surface area is 132 Å². The third-order valence-corrected chi connectivity index (χ3v) is 4.75. The molecule has 2 rings (SSSR count). The summed E-state index contributed by atoms with van der Waals surface area (Å²) in [7, 11) is 0. The first-order valence-corrected chi connectivity index (χ1v) is 8.41. The second-order valence-electron chi connectivity index (χ2n) is 7.27. The molecule has 0 radical (unpaired) electrons. The number of piperidine rings is 2. The standard InChI is InChI=1S/C16H30N2O4/c1-11(2)7-15(21)18-5-3-12(4-6-18)8-17-9-13(19)16(22)14(20)10-17/h11-14,16,19-20,22H,3-10H2,1-2H3/t13-,14+,16+. The third-order valence-electron chi connectivity index (χ3n) is 4.75. The van der Waals surface area contributed by atoms with Crippen molar-refractivity contribution < 1.29 is 20.1 Å². The Balaban J connectivity index is 1.74. The minimum absolute atomic E-state index is 0.250. The van der Waals surface area contributed by atoms with Gasteiger partial charge in [0.2, 0.25) is 5.91 Å². The van der Waals surface area contributed by atoms with Crippen molar-refractivity contribution in [1.82, 2.24) is 9.80 Å². The van der Waals surface area contributed by atoms with Crippen LogP contribution in [0, 0.1) is 11.8 Å². The van der Waals surface area contributed by atoms with Gasteiger partial charge >= 0.3 is 0 Å². The van der Waals surface area contributed by atoms with Crippen molar-refractivity contribution in [2.24, 2.45) is 11.8 Å². The molecule has 2 aliphatic heterocycles. The highest BCUT2D eigenvalue weighted by Gasteiger charge is 2.34. The summed E-state index contributed by atoms with van der Waals surface area (Å²) in [5.74, 6) is 1.13. The first-order chi connectivity index (χ1) is 10.4. The van der Waals surface area contributed by atoms with E-state index in [1.165, 1.54) is 0 Å². The van der Waals surface area contributed by atoms with Crippen molar-refractivity contribution in [2.45, 2.75) is 51.4 Å². The number of carbonyl (C=O) groups is 1. The zero-order valence-corrected chi connectivity index (χ0v) is 13.7. The zero-order chi connectivity index (χ0) is 16.3. The second-order valence-corrected chi connectivity index (χ2v) is 7.27. The van der Waals surface area contributed by atoms with E-state index in [2.05, 4.69) is 13.8 Å². The minimum atomic E-state index is -1.04. The van der Waals surface area contributed by atoms with Crippen molar-refractivity contribution in [3.63, 3.8) is 0 Å². The van der Waals surface area contributed by atoms with Crippen LogP contribution in [0.25, 0.3) is 0 Å². The molecule has 2 aliphatic rings. The summed E-state index contributed by atoms with van der Waals surface area (Å²) < 4.78 is 0. The van der Waals surface area contributed by atoms with Crippen LogP contribution in [-0.2, 0) is 4.79 Å². The molecule has 0 aromatic heterocycles. The summed E-state index contributed by atoms with van der Waals surface area (Å²) in [4.78, 5) is 16.0. The van der Waals surface area contributed by atoms with E-state index in [4.69, 9.17) is 0 Å². The highest BCUT2D eigenvalue weighted by Crippen LogP contribution is 2.22. The summed E-state index contributed by atoms with van der Waals surface area (Å²) in [6.07, 6.45) is -0.239. The molecule has 0 bridgehead atoms. The third kappa shape index (κ3) is 4.65. The molecule has 6 heteroatoms. The van der Waals surface area contributed by atoms with Gasteiger partial charge in [-0.3, -0.25) is 9.69 Å². The van der Waals surface area contributed by atoms with Crippen LogP contribution in [0.3, 0.4) is 0 Å². The Bertz CT molecular complexity index is 357. The molecule has 22 heavy (non-hydrogen) atoms. The normalized spacial score (nSPS) is 31.7. The first-order valence-electron chi connectivity index (χ1n) is 8.41. The lowest BCUT2D eigenvalue weighted by Crippen LogP contribution is -2.56. The molecule has 2 saturated heterocycles. The summed E-state index contributed by atoms with van der Waals surface area (Å²) >= 11 is 0. The summed E-state index contributed by atoms with van der Waals surface area (Å²) in [6.45, 7) is 7.36. The fourth-order valence-corrected chi connectivity index (χ4v) is 3.43. The smallest absolute Gasteiger partial charge is 0.222 e. The fourth-order valence-electron chi connectivity index (χ4n) is 3.43. The first kappa shape index (κ1) is 17.7. The number of amides is 1. The van der Waals surface area contributed by atoms with Crippen molar-refractivity contribution in [3.05, 3.63) is 0 Å².